The van der Waals surface area contributed by atoms with Crippen LogP contribution in [0.1, 0.15) is 39.0 Å². The summed E-state index contributed by atoms with van der Waals surface area (Å²) in [5, 5.41) is 5.40. The maximum Gasteiger partial charge on any atom is 0.321 e. The SMILES string of the molecule is C[C@@H](C(=O)NC(=O)NC1CCCCC1)N1CCN(c2ccc(F)cc2)CC1. The van der Waals surface area contributed by atoms with Crippen molar-refractivity contribution in [3.05, 3.63) is 30.1 Å². The summed E-state index contributed by atoms with van der Waals surface area (Å²) in [6.45, 7) is 4.79. The Morgan fingerprint density at radius 3 is 2.30 bits per heavy atom. The molecule has 2 N–H and O–H groups in total. The normalized spacial score (nSPS) is 20.1. The topological polar surface area (TPSA) is 64.7 Å². The molecule has 3 amide bonds. The Kier molecular flexibility index (Phi) is 6.66. The Hall–Kier alpha value is -2.15. The van der Waals surface area contributed by atoms with Gasteiger partial charge >= 0.3 is 6.03 Å². The second-order valence-electron chi connectivity index (χ2n) is 7.47. The molecule has 0 spiro atoms. The fourth-order valence-corrected chi connectivity index (χ4v) is 3.87. The third-order valence-electron chi connectivity index (χ3n) is 5.61. The van der Waals surface area contributed by atoms with E-state index in [0.717, 1.165) is 57.5 Å². The van der Waals surface area contributed by atoms with Gasteiger partial charge in [-0.05, 0) is 44.0 Å². The summed E-state index contributed by atoms with van der Waals surface area (Å²) in [6.07, 6.45) is 5.46. The zero-order chi connectivity index (χ0) is 19.2. The molecule has 27 heavy (non-hydrogen) atoms. The molecule has 0 aromatic heterocycles. The van der Waals surface area contributed by atoms with Crippen molar-refractivity contribution in [2.45, 2.75) is 51.1 Å². The van der Waals surface area contributed by atoms with Crippen molar-refractivity contribution in [3.8, 4) is 0 Å². The Labute approximate surface area is 160 Å². The number of imide groups is 1. The number of nitrogens with zero attached hydrogens (tertiary/aromatic N) is 2. The fourth-order valence-electron chi connectivity index (χ4n) is 3.87. The Balaban J connectivity index is 1.43. The number of halogens is 1. The minimum Gasteiger partial charge on any atom is -0.369 e. The van der Waals surface area contributed by atoms with Crippen molar-refractivity contribution < 1.29 is 14.0 Å². The number of amides is 3. The van der Waals surface area contributed by atoms with Crippen molar-refractivity contribution >= 4 is 17.6 Å². The van der Waals surface area contributed by atoms with Gasteiger partial charge in [0.05, 0.1) is 6.04 Å². The highest BCUT2D eigenvalue weighted by Gasteiger charge is 2.27. The van der Waals surface area contributed by atoms with Crippen LogP contribution in [0.5, 0.6) is 0 Å². The number of benzene rings is 1. The average Bonchev–Trinajstić information content (AvgIpc) is 2.69. The molecule has 6 nitrogen and oxygen atoms in total. The second kappa shape index (κ2) is 9.17. The van der Waals surface area contributed by atoms with Crippen LogP contribution in [0, 0.1) is 5.82 Å². The molecule has 148 valence electrons. The van der Waals surface area contributed by atoms with Gasteiger partial charge in [0, 0.05) is 37.9 Å². The first kappa shape index (κ1) is 19.6. The number of anilines is 1. The number of rotatable bonds is 4. The third-order valence-corrected chi connectivity index (χ3v) is 5.61. The number of urea groups is 1. The van der Waals surface area contributed by atoms with Gasteiger partial charge in [-0.25, -0.2) is 9.18 Å². The van der Waals surface area contributed by atoms with Crippen molar-refractivity contribution in [2.75, 3.05) is 31.1 Å². The van der Waals surface area contributed by atoms with Gasteiger partial charge < -0.3 is 10.2 Å². The molecule has 3 rings (SSSR count). The molecule has 0 bridgehead atoms. The Morgan fingerprint density at radius 2 is 1.67 bits per heavy atom. The number of carbonyl (C=O) groups excluding carboxylic acids is 2. The highest BCUT2D eigenvalue weighted by Crippen LogP contribution is 2.18. The van der Waals surface area contributed by atoms with E-state index in [0.29, 0.717) is 0 Å². The second-order valence-corrected chi connectivity index (χ2v) is 7.47. The zero-order valence-electron chi connectivity index (χ0n) is 15.9. The molecule has 1 aromatic carbocycles. The van der Waals surface area contributed by atoms with E-state index >= 15 is 0 Å². The van der Waals surface area contributed by atoms with E-state index in [2.05, 4.69) is 20.4 Å². The molecule has 1 aliphatic heterocycles. The summed E-state index contributed by atoms with van der Waals surface area (Å²) in [6, 6.07) is 5.90. The van der Waals surface area contributed by atoms with Gasteiger partial charge in [-0.1, -0.05) is 19.3 Å². The number of nitrogens with one attached hydrogen (secondary N) is 2. The van der Waals surface area contributed by atoms with E-state index in [-0.39, 0.29) is 29.8 Å². The highest BCUT2D eigenvalue weighted by molar-refractivity contribution is 5.96. The lowest BCUT2D eigenvalue weighted by atomic mass is 9.96. The lowest BCUT2D eigenvalue weighted by molar-refractivity contribution is -0.124. The summed E-state index contributed by atoms with van der Waals surface area (Å²) >= 11 is 0. The maximum atomic E-state index is 13.1. The van der Waals surface area contributed by atoms with Gasteiger partial charge in [0.1, 0.15) is 5.82 Å². The van der Waals surface area contributed by atoms with Gasteiger partial charge in [0.2, 0.25) is 5.91 Å². The van der Waals surface area contributed by atoms with Crippen LogP contribution in [0.15, 0.2) is 24.3 Å². The molecule has 1 aliphatic carbocycles. The molecule has 2 aliphatic rings. The van der Waals surface area contributed by atoms with Gasteiger partial charge in [0.15, 0.2) is 0 Å². The van der Waals surface area contributed by atoms with Crippen molar-refractivity contribution in [1.29, 1.82) is 0 Å². The van der Waals surface area contributed by atoms with Crippen molar-refractivity contribution in [3.63, 3.8) is 0 Å². The Bertz CT molecular complexity index is 638. The lowest BCUT2D eigenvalue weighted by Crippen LogP contribution is -2.56. The molecule has 0 unspecified atom stereocenters. The molecule has 2 fully saturated rings. The zero-order valence-corrected chi connectivity index (χ0v) is 15.9. The highest BCUT2D eigenvalue weighted by atomic mass is 19.1. The van der Waals surface area contributed by atoms with Gasteiger partial charge in [0.25, 0.3) is 0 Å². The van der Waals surface area contributed by atoms with Crippen LogP contribution in [0.3, 0.4) is 0 Å². The van der Waals surface area contributed by atoms with E-state index in [9.17, 15) is 14.0 Å². The van der Waals surface area contributed by atoms with Crippen molar-refractivity contribution in [1.82, 2.24) is 15.5 Å². The maximum absolute atomic E-state index is 13.1. The molecule has 0 radical (unpaired) electrons. The number of piperazine rings is 1. The Morgan fingerprint density at radius 1 is 1.04 bits per heavy atom. The largest absolute Gasteiger partial charge is 0.369 e. The first-order chi connectivity index (χ1) is 13.0. The van der Waals surface area contributed by atoms with Crippen LogP contribution < -0.4 is 15.5 Å². The molecular weight excluding hydrogens is 347 g/mol. The lowest BCUT2D eigenvalue weighted by Gasteiger charge is -2.38. The van der Waals surface area contributed by atoms with Crippen molar-refractivity contribution in [2.24, 2.45) is 0 Å². The van der Waals surface area contributed by atoms with Gasteiger partial charge in [-0.2, -0.15) is 0 Å². The van der Waals surface area contributed by atoms with E-state index in [1.165, 1.54) is 18.6 Å². The minimum absolute atomic E-state index is 0.182. The number of hydrogen-bond donors (Lipinski definition) is 2. The van der Waals surface area contributed by atoms with Gasteiger partial charge in [-0.3, -0.25) is 15.0 Å². The monoisotopic (exact) mass is 376 g/mol. The summed E-state index contributed by atoms with van der Waals surface area (Å²) < 4.78 is 13.1. The third kappa shape index (κ3) is 5.42. The summed E-state index contributed by atoms with van der Waals surface area (Å²) in [5.41, 5.74) is 0.986. The molecule has 1 atom stereocenters. The van der Waals surface area contributed by atoms with Crippen LogP contribution >= 0.6 is 0 Å². The van der Waals surface area contributed by atoms with Gasteiger partial charge in [-0.15, -0.1) is 0 Å². The average molecular weight is 376 g/mol. The fraction of sp³-hybridized carbons (Fsp3) is 0.600. The van der Waals surface area contributed by atoms with E-state index in [4.69, 9.17) is 0 Å². The van der Waals surface area contributed by atoms with E-state index < -0.39 is 0 Å². The molecule has 1 aromatic rings. The van der Waals surface area contributed by atoms with Crippen LogP contribution in [-0.4, -0.2) is 55.1 Å². The number of hydrogen-bond acceptors (Lipinski definition) is 4. The van der Waals surface area contributed by atoms with E-state index in [1.807, 2.05) is 6.92 Å². The molecular formula is C20H29FN4O2. The first-order valence-electron chi connectivity index (χ1n) is 9.89. The summed E-state index contributed by atoms with van der Waals surface area (Å²) in [4.78, 5) is 28.7. The molecule has 1 heterocycles. The quantitative estimate of drug-likeness (QED) is 0.847. The van der Waals surface area contributed by atoms with Crippen LogP contribution in [0.25, 0.3) is 0 Å². The predicted octanol–water partition coefficient (Wildman–Crippen LogP) is 2.49. The van der Waals surface area contributed by atoms with Crippen LogP contribution in [0.4, 0.5) is 14.9 Å². The first-order valence-corrected chi connectivity index (χ1v) is 9.89. The molecule has 7 heteroatoms. The standard InChI is InChI=1S/C20H29FN4O2/c1-15(19(26)23-20(27)22-17-5-3-2-4-6-17)24-11-13-25(14-12-24)18-9-7-16(21)8-10-18/h7-10,15,17H,2-6,11-14H2,1H3,(H2,22,23,26,27)/t15-/m0/s1. The smallest absolute Gasteiger partial charge is 0.321 e. The molecule has 1 saturated carbocycles. The van der Waals surface area contributed by atoms with Crippen LogP contribution in [0.2, 0.25) is 0 Å². The molecule has 1 saturated heterocycles. The van der Waals surface area contributed by atoms with E-state index in [1.54, 1.807) is 12.1 Å². The summed E-state index contributed by atoms with van der Waals surface area (Å²) in [5.74, 6) is -0.507. The minimum atomic E-state index is -0.385. The van der Waals surface area contributed by atoms with Crippen LogP contribution in [-0.2, 0) is 4.79 Å². The summed E-state index contributed by atoms with van der Waals surface area (Å²) in [7, 11) is 0. The predicted molar refractivity (Wildman–Crippen MR) is 103 cm³/mol. The number of carbonyl (C=O) groups is 2.